The van der Waals surface area contributed by atoms with Crippen molar-refractivity contribution < 1.29 is 0 Å². The lowest BCUT2D eigenvalue weighted by molar-refractivity contribution is 1.06. The van der Waals surface area contributed by atoms with E-state index in [1.165, 1.54) is 11.3 Å². The minimum atomic E-state index is 1.11. The maximum absolute atomic E-state index is 4.26. The summed E-state index contributed by atoms with van der Waals surface area (Å²) in [7, 11) is 0. The van der Waals surface area contributed by atoms with E-state index in [0.29, 0.717) is 0 Å². The zero-order valence-corrected chi connectivity index (χ0v) is 6.15. The molecule has 0 unspecified atom stereocenters. The van der Waals surface area contributed by atoms with Gasteiger partial charge in [-0.2, -0.15) is 0 Å². The van der Waals surface area contributed by atoms with Gasteiger partial charge < -0.3 is 0 Å². The highest BCUT2D eigenvalue weighted by Gasteiger charge is 2.04. The van der Waals surface area contributed by atoms with Crippen molar-refractivity contribution in [2.24, 2.45) is 4.99 Å². The van der Waals surface area contributed by atoms with Crippen LogP contribution in [-0.2, 0) is 0 Å². The largest absolute Gasteiger partial charge is 0.265 e. The molecule has 1 heteroatoms. The van der Waals surface area contributed by atoms with Crippen molar-refractivity contribution in [3.63, 3.8) is 0 Å². The molecule has 9 heavy (non-hydrogen) atoms. The minimum Gasteiger partial charge on any atom is -0.265 e. The average Bonchev–Trinajstić information content (AvgIpc) is 2.34. The number of hydrogen-bond donors (Lipinski definition) is 0. The topological polar surface area (TPSA) is 12.4 Å². The van der Waals surface area contributed by atoms with Crippen LogP contribution in [0.25, 0.3) is 0 Å². The summed E-state index contributed by atoms with van der Waals surface area (Å²) >= 11 is 0. The third kappa shape index (κ3) is 1.41. The summed E-state index contributed by atoms with van der Waals surface area (Å²) in [6.45, 7) is 4.34. The van der Waals surface area contributed by atoms with Gasteiger partial charge in [-0.05, 0) is 18.4 Å². The molecule has 0 aliphatic carbocycles. The van der Waals surface area contributed by atoms with Gasteiger partial charge in [-0.15, -0.1) is 0 Å². The van der Waals surface area contributed by atoms with E-state index in [2.05, 4.69) is 18.8 Å². The molecular formula is C8H13N. The van der Waals surface area contributed by atoms with Crippen LogP contribution in [0.5, 0.6) is 0 Å². The maximum Gasteiger partial charge on any atom is 0.0263 e. The van der Waals surface area contributed by atoms with Crippen LogP contribution in [0.3, 0.4) is 0 Å². The first-order valence-corrected chi connectivity index (χ1v) is 3.60. The molecule has 50 valence electrons. The summed E-state index contributed by atoms with van der Waals surface area (Å²) in [6, 6.07) is 0. The van der Waals surface area contributed by atoms with Crippen molar-refractivity contribution in [2.75, 3.05) is 0 Å². The SMILES string of the molecule is CCC1=CN=C(CC)C1. The van der Waals surface area contributed by atoms with Crippen LogP contribution in [0.1, 0.15) is 33.1 Å². The molecule has 1 aliphatic rings. The fraction of sp³-hybridized carbons (Fsp3) is 0.625. The Hall–Kier alpha value is -0.590. The average molecular weight is 123 g/mol. The van der Waals surface area contributed by atoms with E-state index < -0.39 is 0 Å². The highest BCUT2D eigenvalue weighted by atomic mass is 14.7. The van der Waals surface area contributed by atoms with Crippen molar-refractivity contribution >= 4 is 5.71 Å². The molecule has 0 radical (unpaired) electrons. The summed E-state index contributed by atoms with van der Waals surface area (Å²) in [5.74, 6) is 0. The van der Waals surface area contributed by atoms with Gasteiger partial charge in [0.25, 0.3) is 0 Å². The molecule has 0 fully saturated rings. The van der Waals surface area contributed by atoms with E-state index >= 15 is 0 Å². The fourth-order valence-electron chi connectivity index (χ4n) is 0.969. The van der Waals surface area contributed by atoms with Gasteiger partial charge in [0.05, 0.1) is 0 Å². The molecule has 0 aromatic carbocycles. The van der Waals surface area contributed by atoms with E-state index in [1.807, 2.05) is 6.20 Å². The summed E-state index contributed by atoms with van der Waals surface area (Å²) < 4.78 is 0. The number of aliphatic imine (C=N–C) groups is 1. The summed E-state index contributed by atoms with van der Waals surface area (Å²) in [6.07, 6.45) is 5.42. The Morgan fingerprint density at radius 1 is 1.44 bits per heavy atom. The van der Waals surface area contributed by atoms with Gasteiger partial charge in [-0.3, -0.25) is 4.99 Å². The lowest BCUT2D eigenvalue weighted by Gasteiger charge is -1.94. The Morgan fingerprint density at radius 3 is 2.56 bits per heavy atom. The molecule has 1 heterocycles. The third-order valence-electron chi connectivity index (χ3n) is 1.72. The molecule has 0 atom stereocenters. The van der Waals surface area contributed by atoms with Crippen molar-refractivity contribution in [3.05, 3.63) is 11.8 Å². The molecule has 0 N–H and O–H groups in total. The number of allylic oxidation sites excluding steroid dienone is 1. The molecule has 0 spiro atoms. The summed E-state index contributed by atoms with van der Waals surface area (Å²) in [5, 5.41) is 0. The van der Waals surface area contributed by atoms with Crippen molar-refractivity contribution in [1.29, 1.82) is 0 Å². The van der Waals surface area contributed by atoms with Gasteiger partial charge in [-0.1, -0.05) is 13.8 Å². The van der Waals surface area contributed by atoms with Gasteiger partial charge in [0, 0.05) is 18.3 Å². The van der Waals surface area contributed by atoms with Crippen LogP contribution in [0.2, 0.25) is 0 Å². The molecule has 1 rings (SSSR count). The van der Waals surface area contributed by atoms with Crippen LogP contribution in [-0.4, -0.2) is 5.71 Å². The monoisotopic (exact) mass is 123 g/mol. The van der Waals surface area contributed by atoms with Crippen LogP contribution >= 0.6 is 0 Å². The third-order valence-corrected chi connectivity index (χ3v) is 1.72. The summed E-state index contributed by atoms with van der Waals surface area (Å²) in [5.41, 5.74) is 2.82. The Morgan fingerprint density at radius 2 is 2.22 bits per heavy atom. The number of hydrogen-bond acceptors (Lipinski definition) is 1. The molecule has 1 nitrogen and oxygen atoms in total. The van der Waals surface area contributed by atoms with E-state index in [9.17, 15) is 0 Å². The number of nitrogens with zero attached hydrogens (tertiary/aromatic N) is 1. The predicted molar refractivity (Wildman–Crippen MR) is 40.7 cm³/mol. The second-order valence-corrected chi connectivity index (χ2v) is 2.37. The maximum atomic E-state index is 4.26. The zero-order chi connectivity index (χ0) is 6.69. The number of rotatable bonds is 2. The first-order chi connectivity index (χ1) is 4.36. The van der Waals surface area contributed by atoms with Gasteiger partial charge in [0.15, 0.2) is 0 Å². The van der Waals surface area contributed by atoms with Crippen LogP contribution < -0.4 is 0 Å². The van der Waals surface area contributed by atoms with Crippen LogP contribution in [0.4, 0.5) is 0 Å². The molecule has 0 amide bonds. The van der Waals surface area contributed by atoms with Crippen LogP contribution in [0, 0.1) is 0 Å². The minimum absolute atomic E-state index is 1.11. The van der Waals surface area contributed by atoms with Gasteiger partial charge in [0.1, 0.15) is 0 Å². The van der Waals surface area contributed by atoms with E-state index in [-0.39, 0.29) is 0 Å². The lowest BCUT2D eigenvalue weighted by Crippen LogP contribution is -1.90. The Labute approximate surface area is 56.5 Å². The highest BCUT2D eigenvalue weighted by Crippen LogP contribution is 2.15. The van der Waals surface area contributed by atoms with Gasteiger partial charge >= 0.3 is 0 Å². The van der Waals surface area contributed by atoms with E-state index in [4.69, 9.17) is 0 Å². The lowest BCUT2D eigenvalue weighted by atomic mass is 10.1. The van der Waals surface area contributed by atoms with Gasteiger partial charge in [-0.25, -0.2) is 0 Å². The second kappa shape index (κ2) is 2.81. The standard InChI is InChI=1S/C8H13N/c1-3-7-5-8(4-2)9-6-7/h6H,3-5H2,1-2H3. The predicted octanol–water partition coefficient (Wildman–Crippen LogP) is 2.54. The van der Waals surface area contributed by atoms with Crippen molar-refractivity contribution in [1.82, 2.24) is 0 Å². The van der Waals surface area contributed by atoms with E-state index in [1.54, 1.807) is 0 Å². The Balaban J connectivity index is 2.43. The molecule has 0 aromatic heterocycles. The first kappa shape index (κ1) is 6.53. The fourth-order valence-corrected chi connectivity index (χ4v) is 0.969. The molecule has 0 saturated carbocycles. The highest BCUT2D eigenvalue weighted by molar-refractivity contribution is 5.88. The second-order valence-electron chi connectivity index (χ2n) is 2.37. The Bertz CT molecular complexity index is 136. The van der Waals surface area contributed by atoms with Crippen molar-refractivity contribution in [2.45, 2.75) is 33.1 Å². The molecule has 0 aromatic rings. The van der Waals surface area contributed by atoms with Crippen LogP contribution in [0.15, 0.2) is 16.8 Å². The molecule has 1 aliphatic heterocycles. The van der Waals surface area contributed by atoms with E-state index in [0.717, 1.165) is 19.3 Å². The molecule has 0 bridgehead atoms. The van der Waals surface area contributed by atoms with Gasteiger partial charge in [0.2, 0.25) is 0 Å². The molecular weight excluding hydrogens is 110 g/mol. The summed E-state index contributed by atoms with van der Waals surface area (Å²) in [4.78, 5) is 4.26. The normalized spacial score (nSPS) is 17.6. The zero-order valence-electron chi connectivity index (χ0n) is 6.15. The molecule has 0 saturated heterocycles. The Kier molecular flexibility index (Phi) is 2.04. The quantitative estimate of drug-likeness (QED) is 0.535. The smallest absolute Gasteiger partial charge is 0.0263 e. The first-order valence-electron chi connectivity index (χ1n) is 3.60. The van der Waals surface area contributed by atoms with Crippen molar-refractivity contribution in [3.8, 4) is 0 Å².